The Morgan fingerprint density at radius 1 is 1.19 bits per heavy atom. The molecule has 6 nitrogen and oxygen atoms in total. The number of nitrogens with one attached hydrogen (secondary N) is 3. The Morgan fingerprint density at radius 2 is 2.04 bits per heavy atom. The first-order valence-electron chi connectivity index (χ1n) is 9.09. The lowest BCUT2D eigenvalue weighted by molar-refractivity contribution is 0.0954. The number of benzene rings is 1. The number of amides is 1. The number of aromatic nitrogens is 3. The molecule has 0 saturated heterocycles. The fraction of sp³-hybridized carbons (Fsp3) is 0.350. The van der Waals surface area contributed by atoms with Gasteiger partial charge in [0, 0.05) is 46.9 Å². The Bertz CT molecular complexity index is 1030. The summed E-state index contributed by atoms with van der Waals surface area (Å²) >= 11 is 0. The summed E-state index contributed by atoms with van der Waals surface area (Å²) in [5.74, 6) is 0.487. The van der Waals surface area contributed by atoms with Gasteiger partial charge in [-0.3, -0.25) is 9.59 Å². The molecule has 1 aromatic carbocycles. The van der Waals surface area contributed by atoms with Gasteiger partial charge in [0.1, 0.15) is 5.82 Å². The summed E-state index contributed by atoms with van der Waals surface area (Å²) < 4.78 is 0. The second-order valence-corrected chi connectivity index (χ2v) is 6.88. The van der Waals surface area contributed by atoms with E-state index in [1.54, 1.807) is 6.92 Å². The Hall–Kier alpha value is -2.89. The highest BCUT2D eigenvalue weighted by Crippen LogP contribution is 2.29. The van der Waals surface area contributed by atoms with E-state index in [9.17, 15) is 9.59 Å². The Kier molecular flexibility index (Phi) is 4.32. The molecule has 2 aromatic heterocycles. The van der Waals surface area contributed by atoms with Crippen LogP contribution in [-0.4, -0.2) is 27.4 Å². The zero-order valence-corrected chi connectivity index (χ0v) is 14.8. The van der Waals surface area contributed by atoms with Crippen LogP contribution >= 0.6 is 0 Å². The van der Waals surface area contributed by atoms with Crippen LogP contribution in [0.15, 0.2) is 29.1 Å². The molecule has 0 bridgehead atoms. The highest BCUT2D eigenvalue weighted by atomic mass is 16.1. The molecule has 6 heteroatoms. The van der Waals surface area contributed by atoms with Crippen LogP contribution in [0.5, 0.6) is 0 Å². The van der Waals surface area contributed by atoms with Crippen molar-refractivity contribution in [1.29, 1.82) is 0 Å². The minimum atomic E-state index is -0.165. The maximum Gasteiger partial charge on any atom is 0.251 e. The van der Waals surface area contributed by atoms with Crippen molar-refractivity contribution in [3.63, 3.8) is 0 Å². The fourth-order valence-electron chi connectivity index (χ4n) is 3.72. The lowest BCUT2D eigenvalue weighted by Crippen LogP contribution is -2.26. The highest BCUT2D eigenvalue weighted by Gasteiger charge is 2.16. The molecule has 4 rings (SSSR count). The fourth-order valence-corrected chi connectivity index (χ4v) is 3.72. The minimum Gasteiger partial charge on any atom is -0.358 e. The molecule has 26 heavy (non-hydrogen) atoms. The second kappa shape index (κ2) is 6.78. The average molecular weight is 350 g/mol. The predicted molar refractivity (Wildman–Crippen MR) is 101 cm³/mol. The van der Waals surface area contributed by atoms with Gasteiger partial charge in [-0.25, -0.2) is 4.98 Å². The maximum absolute atomic E-state index is 12.5. The van der Waals surface area contributed by atoms with Gasteiger partial charge in [-0.05, 0) is 56.4 Å². The van der Waals surface area contributed by atoms with Gasteiger partial charge in [-0.2, -0.15) is 0 Å². The third kappa shape index (κ3) is 3.27. The molecule has 3 N–H and O–H groups in total. The lowest BCUT2D eigenvalue weighted by Gasteiger charge is -2.10. The topological polar surface area (TPSA) is 90.6 Å². The minimum absolute atomic E-state index is 0.0979. The highest BCUT2D eigenvalue weighted by molar-refractivity contribution is 5.99. The van der Waals surface area contributed by atoms with E-state index in [1.807, 2.05) is 18.2 Å². The smallest absolute Gasteiger partial charge is 0.251 e. The largest absolute Gasteiger partial charge is 0.358 e. The molecule has 0 aliphatic heterocycles. The molecular formula is C20H22N4O2. The first-order valence-corrected chi connectivity index (χ1v) is 9.09. The third-order valence-electron chi connectivity index (χ3n) is 4.94. The van der Waals surface area contributed by atoms with Gasteiger partial charge in [-0.1, -0.05) is 0 Å². The monoisotopic (exact) mass is 350 g/mol. The lowest BCUT2D eigenvalue weighted by atomic mass is 9.95. The average Bonchev–Trinajstić information content (AvgIpc) is 2.98. The number of rotatable bonds is 4. The summed E-state index contributed by atoms with van der Waals surface area (Å²) in [7, 11) is 0. The van der Waals surface area contributed by atoms with Crippen molar-refractivity contribution in [2.45, 2.75) is 39.0 Å². The van der Waals surface area contributed by atoms with Gasteiger partial charge in [0.05, 0.1) is 0 Å². The number of hydrogen-bond acceptors (Lipinski definition) is 3. The molecule has 0 radical (unpaired) electrons. The van der Waals surface area contributed by atoms with E-state index in [0.717, 1.165) is 18.4 Å². The van der Waals surface area contributed by atoms with E-state index in [-0.39, 0.29) is 11.5 Å². The molecule has 0 atom stereocenters. The van der Waals surface area contributed by atoms with Crippen molar-refractivity contribution in [3.8, 4) is 0 Å². The molecule has 1 amide bonds. The van der Waals surface area contributed by atoms with Gasteiger partial charge in [0.25, 0.3) is 11.5 Å². The molecule has 2 heterocycles. The normalized spacial score (nSPS) is 13.6. The summed E-state index contributed by atoms with van der Waals surface area (Å²) in [5.41, 5.74) is 4.98. The van der Waals surface area contributed by atoms with Gasteiger partial charge in [-0.15, -0.1) is 0 Å². The van der Waals surface area contributed by atoms with E-state index in [4.69, 9.17) is 0 Å². The van der Waals surface area contributed by atoms with Crippen molar-refractivity contribution in [2.24, 2.45) is 0 Å². The summed E-state index contributed by atoms with van der Waals surface area (Å²) in [4.78, 5) is 34.3. The van der Waals surface area contributed by atoms with Gasteiger partial charge in [0.2, 0.25) is 0 Å². The van der Waals surface area contributed by atoms with Crippen molar-refractivity contribution in [3.05, 3.63) is 63.0 Å². The first kappa shape index (κ1) is 16.6. The number of H-pyrrole nitrogens is 2. The zero-order chi connectivity index (χ0) is 18.1. The van der Waals surface area contributed by atoms with Crippen LogP contribution in [0.25, 0.3) is 10.9 Å². The zero-order valence-electron chi connectivity index (χ0n) is 14.8. The number of nitrogens with zero attached hydrogens (tertiary/aromatic N) is 1. The number of fused-ring (bicyclic) bond motifs is 3. The summed E-state index contributed by atoms with van der Waals surface area (Å²) in [6.07, 6.45) is 5.13. The van der Waals surface area contributed by atoms with Gasteiger partial charge < -0.3 is 15.3 Å². The van der Waals surface area contributed by atoms with Crippen molar-refractivity contribution in [1.82, 2.24) is 20.3 Å². The Labute approximate surface area is 151 Å². The number of carbonyl (C=O) groups is 1. The summed E-state index contributed by atoms with van der Waals surface area (Å²) in [6.45, 7) is 2.19. The SMILES string of the molecule is Cc1nc(CCNC(=O)c2ccc3[nH]c4c(c3c2)CCCC4)cc(=O)[nH]1. The van der Waals surface area contributed by atoms with Crippen LogP contribution < -0.4 is 10.9 Å². The number of hydrogen-bond donors (Lipinski definition) is 3. The molecule has 1 aliphatic rings. The van der Waals surface area contributed by atoms with Crippen molar-refractivity contribution >= 4 is 16.8 Å². The standard InChI is InChI=1S/C20H22N4O2/c1-12-22-14(11-19(25)23-12)8-9-21-20(26)13-6-7-18-16(10-13)15-4-2-3-5-17(15)24-18/h6-7,10-11,24H,2-5,8-9H2,1H3,(H,21,26)(H,22,23,25). The molecule has 0 fully saturated rings. The molecule has 0 unspecified atom stereocenters. The Morgan fingerprint density at radius 3 is 2.88 bits per heavy atom. The van der Waals surface area contributed by atoms with E-state index in [1.165, 1.54) is 35.6 Å². The van der Waals surface area contributed by atoms with Crippen LogP contribution in [-0.2, 0) is 19.3 Å². The van der Waals surface area contributed by atoms with Gasteiger partial charge in [0.15, 0.2) is 0 Å². The summed E-state index contributed by atoms with van der Waals surface area (Å²) in [5, 5.41) is 4.09. The van der Waals surface area contributed by atoms with Crippen LogP contribution in [0.2, 0.25) is 0 Å². The number of carbonyl (C=O) groups excluding carboxylic acids is 1. The molecule has 134 valence electrons. The predicted octanol–water partition coefficient (Wildman–Crippen LogP) is 2.41. The van der Waals surface area contributed by atoms with Crippen molar-refractivity contribution < 1.29 is 4.79 Å². The van der Waals surface area contributed by atoms with Crippen LogP contribution in [0, 0.1) is 6.92 Å². The van der Waals surface area contributed by atoms with E-state index in [2.05, 4.69) is 20.3 Å². The van der Waals surface area contributed by atoms with E-state index >= 15 is 0 Å². The third-order valence-corrected chi connectivity index (χ3v) is 4.94. The molecule has 1 aliphatic carbocycles. The molecule has 0 spiro atoms. The van der Waals surface area contributed by atoms with Crippen LogP contribution in [0.1, 0.15) is 46.0 Å². The van der Waals surface area contributed by atoms with Crippen LogP contribution in [0.3, 0.4) is 0 Å². The van der Waals surface area contributed by atoms with Gasteiger partial charge >= 0.3 is 0 Å². The quantitative estimate of drug-likeness (QED) is 0.675. The molecule has 0 saturated carbocycles. The van der Waals surface area contributed by atoms with Crippen molar-refractivity contribution in [2.75, 3.05) is 6.54 Å². The Balaban J connectivity index is 1.46. The first-order chi connectivity index (χ1) is 12.6. The molecule has 3 aromatic rings. The van der Waals surface area contributed by atoms with Crippen LogP contribution in [0.4, 0.5) is 0 Å². The number of aromatic amines is 2. The second-order valence-electron chi connectivity index (χ2n) is 6.88. The van der Waals surface area contributed by atoms with E-state index < -0.39 is 0 Å². The molecular weight excluding hydrogens is 328 g/mol. The van der Waals surface area contributed by atoms with E-state index in [0.29, 0.717) is 30.0 Å². The summed E-state index contributed by atoms with van der Waals surface area (Å²) in [6, 6.07) is 7.30. The number of aryl methyl sites for hydroxylation is 3. The maximum atomic E-state index is 12.5.